The van der Waals surface area contributed by atoms with Gasteiger partial charge in [0.25, 0.3) is 0 Å². The van der Waals surface area contributed by atoms with Gasteiger partial charge >= 0.3 is 5.97 Å². The Kier molecular flexibility index (Phi) is 4.93. The Labute approximate surface area is 113 Å². The molecule has 2 aromatic rings. The van der Waals surface area contributed by atoms with Gasteiger partial charge in [-0.2, -0.15) is 0 Å². The van der Waals surface area contributed by atoms with Gasteiger partial charge in [-0.3, -0.25) is 0 Å². The number of carboxylic acid groups (broad SMARTS) is 1. The monoisotopic (exact) mass is 280 g/mol. The SMILES string of the molecule is O=C(O)COCc1nnc(CSc2ccccc2)o1. The van der Waals surface area contributed by atoms with Crippen molar-refractivity contribution >= 4 is 17.7 Å². The number of ether oxygens (including phenoxy) is 1. The van der Waals surface area contributed by atoms with Gasteiger partial charge in [0, 0.05) is 4.90 Å². The van der Waals surface area contributed by atoms with Gasteiger partial charge in [0.05, 0.1) is 5.75 Å². The summed E-state index contributed by atoms with van der Waals surface area (Å²) in [5.74, 6) is 0.308. The van der Waals surface area contributed by atoms with Gasteiger partial charge in [-0.15, -0.1) is 22.0 Å². The van der Waals surface area contributed by atoms with Crippen molar-refractivity contribution in [3.63, 3.8) is 0 Å². The highest BCUT2D eigenvalue weighted by molar-refractivity contribution is 7.98. The maximum atomic E-state index is 10.3. The topological polar surface area (TPSA) is 85.5 Å². The molecular formula is C12H12N2O4S. The zero-order chi connectivity index (χ0) is 13.5. The lowest BCUT2D eigenvalue weighted by atomic mass is 10.4. The molecule has 2 rings (SSSR count). The van der Waals surface area contributed by atoms with Crippen LogP contribution in [-0.2, 0) is 21.9 Å². The van der Waals surface area contributed by atoms with Crippen molar-refractivity contribution < 1.29 is 19.1 Å². The molecule has 0 aliphatic carbocycles. The molecule has 7 heteroatoms. The Morgan fingerprint density at radius 3 is 2.74 bits per heavy atom. The number of nitrogens with zero attached hydrogens (tertiary/aromatic N) is 2. The number of hydrogen-bond donors (Lipinski definition) is 1. The van der Waals surface area contributed by atoms with Gasteiger partial charge < -0.3 is 14.3 Å². The van der Waals surface area contributed by atoms with Crippen LogP contribution in [0.3, 0.4) is 0 Å². The van der Waals surface area contributed by atoms with Gasteiger partial charge in [0.1, 0.15) is 13.2 Å². The van der Waals surface area contributed by atoms with E-state index >= 15 is 0 Å². The summed E-state index contributed by atoms with van der Waals surface area (Å²) in [6, 6.07) is 9.87. The zero-order valence-electron chi connectivity index (χ0n) is 9.98. The van der Waals surface area contributed by atoms with Crippen LogP contribution >= 0.6 is 11.8 Å². The van der Waals surface area contributed by atoms with Crippen LogP contribution in [-0.4, -0.2) is 27.9 Å². The molecule has 0 aliphatic heterocycles. The van der Waals surface area contributed by atoms with E-state index in [0.717, 1.165) is 4.90 Å². The third kappa shape index (κ3) is 4.72. The molecule has 1 aromatic carbocycles. The highest BCUT2D eigenvalue weighted by atomic mass is 32.2. The molecule has 0 saturated carbocycles. The molecule has 0 fully saturated rings. The third-order valence-corrected chi connectivity index (χ3v) is 3.06. The van der Waals surface area contributed by atoms with E-state index in [2.05, 4.69) is 10.2 Å². The minimum Gasteiger partial charge on any atom is -0.480 e. The van der Waals surface area contributed by atoms with E-state index in [4.69, 9.17) is 14.3 Å². The Bertz CT molecular complexity index is 530. The molecule has 0 radical (unpaired) electrons. The highest BCUT2D eigenvalue weighted by Crippen LogP contribution is 2.21. The Balaban J connectivity index is 1.79. The number of thioether (sulfide) groups is 1. The number of aliphatic carboxylic acids is 1. The number of aromatic nitrogens is 2. The molecule has 0 atom stereocenters. The van der Waals surface area contributed by atoms with Crippen molar-refractivity contribution in [3.8, 4) is 0 Å². The molecule has 0 saturated heterocycles. The lowest BCUT2D eigenvalue weighted by Crippen LogP contribution is -2.06. The maximum absolute atomic E-state index is 10.3. The maximum Gasteiger partial charge on any atom is 0.329 e. The standard InChI is InChI=1S/C12H12N2O4S/c15-12(16)7-17-6-10-13-14-11(18-10)8-19-9-4-2-1-3-5-9/h1-5H,6-8H2,(H,15,16). The molecule has 0 amide bonds. The molecule has 1 N–H and O–H groups in total. The third-order valence-electron chi connectivity index (χ3n) is 2.07. The van der Waals surface area contributed by atoms with E-state index < -0.39 is 5.97 Å². The average molecular weight is 280 g/mol. The highest BCUT2D eigenvalue weighted by Gasteiger charge is 2.07. The molecule has 0 spiro atoms. The second-order valence-electron chi connectivity index (χ2n) is 3.58. The predicted octanol–water partition coefficient (Wildman–Crippen LogP) is 1.96. The first-order valence-corrected chi connectivity index (χ1v) is 6.51. The number of benzene rings is 1. The summed E-state index contributed by atoms with van der Waals surface area (Å²) in [5, 5.41) is 16.1. The molecule has 6 nitrogen and oxygen atoms in total. The van der Waals surface area contributed by atoms with Crippen molar-refractivity contribution in [1.29, 1.82) is 0 Å². The normalized spacial score (nSPS) is 10.5. The second kappa shape index (κ2) is 6.91. The van der Waals surface area contributed by atoms with Crippen molar-refractivity contribution in [1.82, 2.24) is 10.2 Å². The molecule has 1 aromatic heterocycles. The molecule has 0 bridgehead atoms. The smallest absolute Gasteiger partial charge is 0.329 e. The quantitative estimate of drug-likeness (QED) is 0.776. The van der Waals surface area contributed by atoms with E-state index in [9.17, 15) is 4.79 Å². The van der Waals surface area contributed by atoms with Crippen molar-refractivity contribution in [2.75, 3.05) is 6.61 Å². The van der Waals surface area contributed by atoms with E-state index in [-0.39, 0.29) is 19.1 Å². The molecule has 0 aliphatic rings. The predicted molar refractivity (Wildman–Crippen MR) is 67.6 cm³/mol. The Hall–Kier alpha value is -1.86. The Morgan fingerprint density at radius 2 is 2.00 bits per heavy atom. The summed E-state index contributed by atoms with van der Waals surface area (Å²) in [6.07, 6.45) is 0. The average Bonchev–Trinajstić information content (AvgIpc) is 2.85. The summed E-state index contributed by atoms with van der Waals surface area (Å²) in [6.45, 7) is -0.369. The minimum absolute atomic E-state index is 0.00923. The van der Waals surface area contributed by atoms with Crippen LogP contribution in [0, 0.1) is 0 Å². The number of hydrogen-bond acceptors (Lipinski definition) is 6. The summed E-state index contributed by atoms with van der Waals surface area (Å²) in [5.41, 5.74) is 0. The summed E-state index contributed by atoms with van der Waals surface area (Å²) < 4.78 is 10.2. The fourth-order valence-corrected chi connectivity index (χ4v) is 2.05. The summed E-state index contributed by atoms with van der Waals surface area (Å²) in [4.78, 5) is 11.4. The molecule has 100 valence electrons. The van der Waals surface area contributed by atoms with Crippen LogP contribution in [0.4, 0.5) is 0 Å². The Morgan fingerprint density at radius 1 is 1.26 bits per heavy atom. The van der Waals surface area contributed by atoms with Crippen LogP contribution in [0.15, 0.2) is 39.6 Å². The van der Waals surface area contributed by atoms with Crippen molar-refractivity contribution in [3.05, 3.63) is 42.1 Å². The first kappa shape index (κ1) is 13.6. The number of rotatable bonds is 7. The largest absolute Gasteiger partial charge is 0.480 e. The minimum atomic E-state index is -1.03. The van der Waals surface area contributed by atoms with Gasteiger partial charge in [0.15, 0.2) is 0 Å². The van der Waals surface area contributed by atoms with Gasteiger partial charge in [-0.1, -0.05) is 18.2 Å². The van der Waals surface area contributed by atoms with Crippen LogP contribution in [0.25, 0.3) is 0 Å². The van der Waals surface area contributed by atoms with Crippen LogP contribution < -0.4 is 0 Å². The summed E-state index contributed by atoms with van der Waals surface area (Å²) >= 11 is 1.58. The van der Waals surface area contributed by atoms with Crippen molar-refractivity contribution in [2.45, 2.75) is 17.3 Å². The summed E-state index contributed by atoms with van der Waals surface area (Å²) in [7, 11) is 0. The lowest BCUT2D eigenvalue weighted by Gasteiger charge is -1.97. The first-order valence-electron chi connectivity index (χ1n) is 5.52. The van der Waals surface area contributed by atoms with Crippen LogP contribution in [0.2, 0.25) is 0 Å². The van der Waals surface area contributed by atoms with Gasteiger partial charge in [0.2, 0.25) is 11.8 Å². The van der Waals surface area contributed by atoms with Crippen molar-refractivity contribution in [2.24, 2.45) is 0 Å². The lowest BCUT2D eigenvalue weighted by molar-refractivity contribution is -0.142. The van der Waals surface area contributed by atoms with Crippen LogP contribution in [0.5, 0.6) is 0 Å². The first-order chi connectivity index (χ1) is 9.24. The molecule has 0 unspecified atom stereocenters. The van der Waals surface area contributed by atoms with E-state index in [1.165, 1.54) is 0 Å². The molecule has 19 heavy (non-hydrogen) atoms. The van der Waals surface area contributed by atoms with Gasteiger partial charge in [-0.25, -0.2) is 4.79 Å². The van der Waals surface area contributed by atoms with Crippen LogP contribution in [0.1, 0.15) is 11.8 Å². The molecule has 1 heterocycles. The fourth-order valence-electron chi connectivity index (χ4n) is 1.29. The van der Waals surface area contributed by atoms with E-state index in [1.807, 2.05) is 30.3 Å². The molecular weight excluding hydrogens is 268 g/mol. The van der Waals surface area contributed by atoms with Gasteiger partial charge in [-0.05, 0) is 12.1 Å². The number of carboxylic acids is 1. The second-order valence-corrected chi connectivity index (χ2v) is 4.63. The number of carbonyl (C=O) groups is 1. The fraction of sp³-hybridized carbons (Fsp3) is 0.250. The van der Waals surface area contributed by atoms with E-state index in [1.54, 1.807) is 11.8 Å². The van der Waals surface area contributed by atoms with E-state index in [0.29, 0.717) is 11.6 Å². The zero-order valence-corrected chi connectivity index (χ0v) is 10.8.